The Morgan fingerprint density at radius 1 is 1.09 bits per heavy atom. The maximum atomic E-state index is 12.0. The quantitative estimate of drug-likeness (QED) is 0.482. The van der Waals surface area contributed by atoms with Crippen molar-refractivity contribution in [3.63, 3.8) is 0 Å². The third-order valence-electron chi connectivity index (χ3n) is 2.96. The van der Waals surface area contributed by atoms with Crippen molar-refractivity contribution in [1.29, 1.82) is 0 Å². The Kier molecular flexibility index (Phi) is 4.47. The van der Waals surface area contributed by atoms with Crippen molar-refractivity contribution in [3.05, 3.63) is 69.8 Å². The predicted octanol–water partition coefficient (Wildman–Crippen LogP) is 2.59. The zero-order valence-corrected chi connectivity index (χ0v) is 11.4. The number of rotatable bonds is 6. The fourth-order valence-electron chi connectivity index (χ4n) is 1.81. The van der Waals surface area contributed by atoms with Gasteiger partial charge in [-0.05, 0) is 24.3 Å². The largest absolute Gasteiger partial charge is 0.478 e. The molecule has 22 heavy (non-hydrogen) atoms. The normalized spacial score (nSPS) is 10.0. The minimum Gasteiger partial charge on any atom is -0.478 e. The van der Waals surface area contributed by atoms with Crippen LogP contribution in [0.3, 0.4) is 0 Å². The van der Waals surface area contributed by atoms with Gasteiger partial charge in [-0.2, -0.15) is 0 Å². The molecule has 0 aliphatic heterocycles. The average Bonchev–Trinajstić information content (AvgIpc) is 2.53. The standard InChI is InChI=1S/C15H12N2O5/c18-14(11-2-1-3-13(8-11)17(21)22)9-16-12-6-4-10(5-7-12)15(19)20/h1-8,16H,9H2,(H,19,20). The first-order valence-electron chi connectivity index (χ1n) is 6.32. The second-order valence-corrected chi connectivity index (χ2v) is 4.47. The summed E-state index contributed by atoms with van der Waals surface area (Å²) in [4.78, 5) is 32.8. The molecule has 112 valence electrons. The van der Waals surface area contributed by atoms with E-state index in [9.17, 15) is 19.7 Å². The maximum Gasteiger partial charge on any atom is 0.335 e. The first kappa shape index (κ1) is 15.2. The lowest BCUT2D eigenvalue weighted by molar-refractivity contribution is -0.384. The van der Waals surface area contributed by atoms with Crippen LogP contribution in [0.5, 0.6) is 0 Å². The van der Waals surface area contributed by atoms with E-state index in [2.05, 4.69) is 5.32 Å². The lowest BCUT2D eigenvalue weighted by atomic mass is 10.1. The first-order chi connectivity index (χ1) is 10.5. The van der Waals surface area contributed by atoms with E-state index in [4.69, 9.17) is 5.11 Å². The molecule has 0 heterocycles. The molecular formula is C15H12N2O5. The van der Waals surface area contributed by atoms with E-state index in [1.54, 1.807) is 12.1 Å². The van der Waals surface area contributed by atoms with E-state index in [1.807, 2.05) is 0 Å². The van der Waals surface area contributed by atoms with Crippen molar-refractivity contribution in [2.45, 2.75) is 0 Å². The summed E-state index contributed by atoms with van der Waals surface area (Å²) in [6.07, 6.45) is 0. The molecule has 0 aliphatic carbocycles. The molecular weight excluding hydrogens is 288 g/mol. The molecule has 2 N–H and O–H groups in total. The second kappa shape index (κ2) is 6.49. The molecule has 0 fully saturated rings. The lowest BCUT2D eigenvalue weighted by Gasteiger charge is -2.06. The van der Waals surface area contributed by atoms with E-state index in [0.717, 1.165) is 0 Å². The molecule has 0 bridgehead atoms. The number of carboxylic acid groups (broad SMARTS) is 1. The van der Waals surface area contributed by atoms with Gasteiger partial charge < -0.3 is 10.4 Å². The van der Waals surface area contributed by atoms with E-state index in [1.165, 1.54) is 36.4 Å². The van der Waals surface area contributed by atoms with Crippen LogP contribution < -0.4 is 5.32 Å². The van der Waals surface area contributed by atoms with Crippen LogP contribution in [0.25, 0.3) is 0 Å². The number of carbonyl (C=O) groups excluding carboxylic acids is 1. The fraction of sp³-hybridized carbons (Fsp3) is 0.0667. The number of carbonyl (C=O) groups is 2. The minimum absolute atomic E-state index is 0.0480. The molecule has 7 heteroatoms. The molecule has 2 aromatic carbocycles. The van der Waals surface area contributed by atoms with Crippen LogP contribution in [-0.2, 0) is 0 Å². The highest BCUT2D eigenvalue weighted by atomic mass is 16.6. The number of nitrogens with zero attached hydrogens (tertiary/aromatic N) is 1. The summed E-state index contributed by atoms with van der Waals surface area (Å²) < 4.78 is 0. The predicted molar refractivity (Wildman–Crippen MR) is 79.3 cm³/mol. The SMILES string of the molecule is O=C(O)c1ccc(NCC(=O)c2cccc([N+](=O)[O-])c2)cc1. The Morgan fingerprint density at radius 3 is 2.36 bits per heavy atom. The van der Waals surface area contributed by atoms with Gasteiger partial charge in [0.15, 0.2) is 5.78 Å². The van der Waals surface area contributed by atoms with Crippen LogP contribution in [0, 0.1) is 10.1 Å². The van der Waals surface area contributed by atoms with Gasteiger partial charge in [0.05, 0.1) is 17.0 Å². The number of nitrogens with one attached hydrogen (secondary N) is 1. The van der Waals surface area contributed by atoms with Crippen LogP contribution in [0.2, 0.25) is 0 Å². The number of nitro groups is 1. The Hall–Kier alpha value is -3.22. The molecule has 0 aromatic heterocycles. The number of anilines is 1. The Labute approximate surface area is 125 Å². The summed E-state index contributed by atoms with van der Waals surface area (Å²) in [5.41, 5.74) is 0.833. The molecule has 0 radical (unpaired) electrons. The van der Waals surface area contributed by atoms with E-state index in [0.29, 0.717) is 5.69 Å². The van der Waals surface area contributed by atoms with E-state index in [-0.39, 0.29) is 29.1 Å². The lowest BCUT2D eigenvalue weighted by Crippen LogP contribution is -2.14. The fourth-order valence-corrected chi connectivity index (χ4v) is 1.81. The number of aromatic carboxylic acids is 1. The number of nitro benzene ring substituents is 1. The van der Waals surface area contributed by atoms with Crippen LogP contribution in [-0.4, -0.2) is 28.3 Å². The van der Waals surface area contributed by atoms with Gasteiger partial charge in [0.25, 0.3) is 5.69 Å². The summed E-state index contributed by atoms with van der Waals surface area (Å²) in [5, 5.41) is 22.3. The van der Waals surface area contributed by atoms with Gasteiger partial charge in [-0.25, -0.2) is 4.79 Å². The third-order valence-corrected chi connectivity index (χ3v) is 2.96. The van der Waals surface area contributed by atoms with Gasteiger partial charge in [0.1, 0.15) is 0 Å². The Bertz CT molecular complexity index is 725. The van der Waals surface area contributed by atoms with Gasteiger partial charge in [-0.3, -0.25) is 14.9 Å². The molecule has 0 saturated carbocycles. The van der Waals surface area contributed by atoms with E-state index < -0.39 is 10.9 Å². The molecule has 0 unspecified atom stereocenters. The zero-order chi connectivity index (χ0) is 16.1. The van der Waals surface area contributed by atoms with Crippen molar-refractivity contribution in [1.82, 2.24) is 0 Å². The number of carboxylic acids is 1. The number of Topliss-reactive ketones (excluding diaryl/α,β-unsaturated/α-hetero) is 1. The smallest absolute Gasteiger partial charge is 0.335 e. The summed E-state index contributed by atoms with van der Waals surface area (Å²) in [7, 11) is 0. The molecule has 0 spiro atoms. The van der Waals surface area contributed by atoms with Crippen molar-refractivity contribution in [3.8, 4) is 0 Å². The van der Waals surface area contributed by atoms with Gasteiger partial charge in [-0.1, -0.05) is 12.1 Å². The van der Waals surface area contributed by atoms with Crippen LogP contribution in [0.1, 0.15) is 20.7 Å². The van der Waals surface area contributed by atoms with Crippen molar-refractivity contribution in [2.75, 3.05) is 11.9 Å². The number of hydrogen-bond donors (Lipinski definition) is 2. The molecule has 0 atom stereocenters. The maximum absolute atomic E-state index is 12.0. The first-order valence-corrected chi connectivity index (χ1v) is 6.32. The van der Waals surface area contributed by atoms with Crippen molar-refractivity contribution >= 4 is 23.1 Å². The number of non-ortho nitro benzene ring substituents is 1. The summed E-state index contributed by atoms with van der Waals surface area (Å²) in [6.45, 7) is -0.0480. The highest BCUT2D eigenvalue weighted by Crippen LogP contribution is 2.14. The van der Waals surface area contributed by atoms with Gasteiger partial charge in [0.2, 0.25) is 0 Å². The molecule has 2 rings (SSSR count). The monoisotopic (exact) mass is 300 g/mol. The zero-order valence-electron chi connectivity index (χ0n) is 11.4. The van der Waals surface area contributed by atoms with Crippen LogP contribution in [0.15, 0.2) is 48.5 Å². The topological polar surface area (TPSA) is 110 Å². The number of hydrogen-bond acceptors (Lipinski definition) is 5. The van der Waals surface area contributed by atoms with Crippen LogP contribution >= 0.6 is 0 Å². The third kappa shape index (κ3) is 3.66. The summed E-state index contributed by atoms with van der Waals surface area (Å²) in [5.74, 6) is -1.33. The Balaban J connectivity index is 2.02. The van der Waals surface area contributed by atoms with Gasteiger partial charge >= 0.3 is 5.97 Å². The average molecular weight is 300 g/mol. The van der Waals surface area contributed by atoms with Crippen molar-refractivity contribution in [2.24, 2.45) is 0 Å². The van der Waals surface area contributed by atoms with Gasteiger partial charge in [-0.15, -0.1) is 0 Å². The van der Waals surface area contributed by atoms with Crippen molar-refractivity contribution < 1.29 is 19.6 Å². The molecule has 2 aromatic rings. The Morgan fingerprint density at radius 2 is 1.77 bits per heavy atom. The summed E-state index contributed by atoms with van der Waals surface area (Å²) in [6, 6.07) is 11.4. The number of benzene rings is 2. The number of ketones is 1. The second-order valence-electron chi connectivity index (χ2n) is 4.47. The highest BCUT2D eigenvalue weighted by molar-refractivity contribution is 5.99. The van der Waals surface area contributed by atoms with E-state index >= 15 is 0 Å². The minimum atomic E-state index is -1.03. The molecule has 7 nitrogen and oxygen atoms in total. The van der Waals surface area contributed by atoms with Gasteiger partial charge in [0, 0.05) is 23.4 Å². The highest BCUT2D eigenvalue weighted by Gasteiger charge is 2.11. The summed E-state index contributed by atoms with van der Waals surface area (Å²) >= 11 is 0. The molecule has 0 amide bonds. The molecule has 0 aliphatic rings. The molecule has 0 saturated heterocycles. The van der Waals surface area contributed by atoms with Crippen LogP contribution in [0.4, 0.5) is 11.4 Å².